The van der Waals surface area contributed by atoms with Gasteiger partial charge in [0.1, 0.15) is 23.7 Å². The van der Waals surface area contributed by atoms with Crippen LogP contribution in [0.2, 0.25) is 0 Å². The number of alkyl halides is 3. The van der Waals surface area contributed by atoms with Gasteiger partial charge in [-0.2, -0.15) is 23.5 Å². The van der Waals surface area contributed by atoms with Crippen molar-refractivity contribution in [2.45, 2.75) is 31.1 Å². The minimum Gasteiger partial charge on any atom is -0.339 e. The topological polar surface area (TPSA) is 123 Å². The Balaban J connectivity index is 1.57. The van der Waals surface area contributed by atoms with Crippen LogP contribution in [-0.4, -0.2) is 70.7 Å². The number of aromatic nitrogens is 2. The molecule has 2 aliphatic rings. The summed E-state index contributed by atoms with van der Waals surface area (Å²) in [5.41, 5.74) is -0.373. The second-order valence-corrected chi connectivity index (χ2v) is 11.3. The Morgan fingerprint density at radius 3 is 2.46 bits per heavy atom. The number of nitrogens with one attached hydrogen (secondary N) is 2. The molecule has 2 aliphatic heterocycles. The van der Waals surface area contributed by atoms with Gasteiger partial charge >= 0.3 is 6.18 Å². The first-order valence-corrected chi connectivity index (χ1v) is 15.2. The number of carbonyl (C=O) groups is 3. The summed E-state index contributed by atoms with van der Waals surface area (Å²) in [6, 6.07) is 17.6. The van der Waals surface area contributed by atoms with Crippen molar-refractivity contribution in [2.24, 2.45) is 0 Å². The maximum Gasteiger partial charge on any atom is 0.416 e. The zero-order chi connectivity index (χ0) is 34.2. The molecule has 0 saturated carbocycles. The molecule has 6 rings (SSSR count). The summed E-state index contributed by atoms with van der Waals surface area (Å²) in [7, 11) is 0. The molecule has 246 valence electrons. The summed E-state index contributed by atoms with van der Waals surface area (Å²) in [5.74, 6) is -3.64. The third kappa shape index (κ3) is 5.88. The van der Waals surface area contributed by atoms with Crippen molar-refractivity contribution < 1.29 is 31.9 Å². The molecule has 3 amide bonds. The van der Waals surface area contributed by atoms with Gasteiger partial charge in [0, 0.05) is 43.2 Å². The van der Waals surface area contributed by atoms with Crippen LogP contribution in [0, 0.1) is 17.1 Å². The Morgan fingerprint density at radius 1 is 1.06 bits per heavy atom. The highest BCUT2D eigenvalue weighted by molar-refractivity contribution is 6.07. The first-order chi connectivity index (χ1) is 23.0. The minimum atomic E-state index is -4.71. The smallest absolute Gasteiger partial charge is 0.339 e. The first kappa shape index (κ1) is 32.4. The van der Waals surface area contributed by atoms with E-state index < -0.39 is 53.3 Å². The van der Waals surface area contributed by atoms with Crippen LogP contribution in [0.5, 0.6) is 0 Å². The summed E-state index contributed by atoms with van der Waals surface area (Å²) in [6.45, 7) is 2.59. The minimum absolute atomic E-state index is 0.0680. The van der Waals surface area contributed by atoms with E-state index in [1.807, 2.05) is 0 Å². The highest BCUT2D eigenvalue weighted by Crippen LogP contribution is 2.44. The molecule has 3 aromatic carbocycles. The van der Waals surface area contributed by atoms with Crippen molar-refractivity contribution in [3.8, 4) is 11.8 Å². The average molecular weight is 660 g/mol. The van der Waals surface area contributed by atoms with E-state index in [-0.39, 0.29) is 42.3 Å². The normalized spacial score (nSPS) is 19.4. The summed E-state index contributed by atoms with van der Waals surface area (Å²) < 4.78 is 56.2. The van der Waals surface area contributed by atoms with Gasteiger partial charge in [-0.1, -0.05) is 36.4 Å². The number of hydrogen-bond acceptors (Lipinski definition) is 6. The zero-order valence-corrected chi connectivity index (χ0v) is 25.5. The van der Waals surface area contributed by atoms with Crippen molar-refractivity contribution in [3.63, 3.8) is 0 Å². The van der Waals surface area contributed by atoms with Crippen molar-refractivity contribution in [1.29, 1.82) is 5.26 Å². The first-order valence-electron chi connectivity index (χ1n) is 15.2. The van der Waals surface area contributed by atoms with Crippen molar-refractivity contribution in [2.75, 3.05) is 31.1 Å². The molecular formula is C34H29F4N7O3. The van der Waals surface area contributed by atoms with E-state index in [0.717, 1.165) is 12.1 Å². The molecule has 0 aliphatic carbocycles. The Morgan fingerprint density at radius 2 is 1.79 bits per heavy atom. The van der Waals surface area contributed by atoms with Crippen LogP contribution in [0.15, 0.2) is 78.9 Å². The zero-order valence-electron chi connectivity index (χ0n) is 25.5. The number of anilines is 1. The SMILES string of the molecule is CCN1C(=O)[C@H](NC(=O)c2cccc(C(F)(F)F)c2)[C@H](c2ccc(F)cc2)c2c(C(=O)N3CCNC[C@@H]3C#N)nn(-c3ccccc3)c21. The molecule has 1 saturated heterocycles. The Labute approximate surface area is 272 Å². The molecule has 1 fully saturated rings. The van der Waals surface area contributed by atoms with Crippen LogP contribution in [0.4, 0.5) is 23.4 Å². The number of carbonyl (C=O) groups excluding carboxylic acids is 3. The molecular weight excluding hydrogens is 630 g/mol. The van der Waals surface area contributed by atoms with Gasteiger partial charge in [0.2, 0.25) is 0 Å². The average Bonchev–Trinajstić information content (AvgIpc) is 3.48. The number of para-hydroxylation sites is 1. The maximum absolute atomic E-state index is 14.4. The summed E-state index contributed by atoms with van der Waals surface area (Å²) in [6.07, 6.45) is -4.71. The van der Waals surface area contributed by atoms with Gasteiger partial charge in [-0.3, -0.25) is 19.3 Å². The number of nitrogens with zero attached hydrogens (tertiary/aromatic N) is 5. The highest BCUT2D eigenvalue weighted by atomic mass is 19.4. The Hall–Kier alpha value is -5.55. The lowest BCUT2D eigenvalue weighted by atomic mass is 9.80. The van der Waals surface area contributed by atoms with Crippen molar-refractivity contribution in [1.82, 2.24) is 25.3 Å². The third-order valence-corrected chi connectivity index (χ3v) is 8.47. The molecule has 10 nitrogen and oxygen atoms in total. The summed E-state index contributed by atoms with van der Waals surface area (Å²) >= 11 is 0. The van der Waals surface area contributed by atoms with Gasteiger partial charge in [0.25, 0.3) is 17.7 Å². The molecule has 0 spiro atoms. The molecule has 1 aromatic heterocycles. The van der Waals surface area contributed by atoms with Gasteiger partial charge in [0.05, 0.1) is 17.3 Å². The number of nitriles is 1. The standard InChI is InChI=1S/C34H29F4N7O3/c1-2-43-31-27(29(42-45(31)24-9-4-3-5-10-24)33(48)44-16-15-40-19-25(44)18-39)26(20-11-13-23(35)14-12-20)28(32(43)47)41-30(46)21-7-6-8-22(17-21)34(36,37)38/h3-14,17,25-26,28,40H,2,15-16,19H2,1H3,(H,41,46)/t25-,26+,28+/m0/s1. The fourth-order valence-electron chi connectivity index (χ4n) is 6.20. The molecule has 4 aromatic rings. The van der Waals surface area contributed by atoms with E-state index in [1.165, 1.54) is 44.8 Å². The van der Waals surface area contributed by atoms with E-state index in [4.69, 9.17) is 5.10 Å². The van der Waals surface area contributed by atoms with Gasteiger partial charge in [-0.25, -0.2) is 9.07 Å². The van der Waals surface area contributed by atoms with Gasteiger partial charge in [-0.05, 0) is 55.0 Å². The molecule has 14 heteroatoms. The van der Waals surface area contributed by atoms with Crippen molar-refractivity contribution >= 4 is 23.5 Å². The molecule has 3 heterocycles. The largest absolute Gasteiger partial charge is 0.416 e. The maximum atomic E-state index is 14.4. The number of fused-ring (bicyclic) bond motifs is 1. The number of halogens is 4. The van der Waals surface area contributed by atoms with E-state index in [9.17, 15) is 37.2 Å². The lowest BCUT2D eigenvalue weighted by Crippen LogP contribution is -2.56. The van der Waals surface area contributed by atoms with E-state index in [2.05, 4.69) is 16.7 Å². The van der Waals surface area contributed by atoms with E-state index in [1.54, 1.807) is 37.3 Å². The quantitative estimate of drug-likeness (QED) is 0.298. The van der Waals surface area contributed by atoms with Crippen LogP contribution in [-0.2, 0) is 11.0 Å². The van der Waals surface area contributed by atoms with Crippen LogP contribution in [0.3, 0.4) is 0 Å². The number of benzene rings is 3. The van der Waals surface area contributed by atoms with E-state index in [0.29, 0.717) is 23.9 Å². The summed E-state index contributed by atoms with van der Waals surface area (Å²) in [5, 5.41) is 20.3. The second-order valence-electron chi connectivity index (χ2n) is 11.3. The fraction of sp³-hybridized carbons (Fsp3) is 0.265. The van der Waals surface area contributed by atoms with Crippen LogP contribution >= 0.6 is 0 Å². The molecule has 0 radical (unpaired) electrons. The lowest BCUT2D eigenvalue weighted by Gasteiger charge is -2.39. The Kier molecular flexibility index (Phi) is 8.72. The number of amides is 3. The predicted molar refractivity (Wildman–Crippen MR) is 166 cm³/mol. The lowest BCUT2D eigenvalue weighted by molar-refractivity contribution is -0.137. The number of rotatable bonds is 6. The predicted octanol–water partition coefficient (Wildman–Crippen LogP) is 4.26. The Bertz CT molecular complexity index is 1900. The van der Waals surface area contributed by atoms with Crippen LogP contribution in [0.25, 0.3) is 5.69 Å². The summed E-state index contributed by atoms with van der Waals surface area (Å²) in [4.78, 5) is 45.1. The highest BCUT2D eigenvalue weighted by Gasteiger charge is 2.48. The number of hydrogen-bond donors (Lipinski definition) is 2. The molecule has 3 atom stereocenters. The van der Waals surface area contributed by atoms with Gasteiger partial charge in [-0.15, -0.1) is 0 Å². The molecule has 0 bridgehead atoms. The molecule has 2 N–H and O–H groups in total. The van der Waals surface area contributed by atoms with Crippen molar-refractivity contribution in [3.05, 3.63) is 113 Å². The second kappa shape index (κ2) is 12.9. The monoisotopic (exact) mass is 659 g/mol. The van der Waals surface area contributed by atoms with Gasteiger partial charge in [0.15, 0.2) is 5.69 Å². The van der Waals surface area contributed by atoms with Crippen LogP contribution in [0.1, 0.15) is 50.4 Å². The molecule has 0 unspecified atom stereocenters. The van der Waals surface area contributed by atoms with Crippen LogP contribution < -0.4 is 15.5 Å². The third-order valence-electron chi connectivity index (χ3n) is 8.47. The molecule has 48 heavy (non-hydrogen) atoms. The fourth-order valence-corrected chi connectivity index (χ4v) is 6.20. The van der Waals surface area contributed by atoms with Gasteiger partial charge < -0.3 is 15.5 Å². The van der Waals surface area contributed by atoms with E-state index >= 15 is 0 Å². The number of piperazine rings is 1. The number of likely N-dealkylation sites (N-methyl/N-ethyl adjacent to an activating group) is 1.